The Bertz CT molecular complexity index is 658. The van der Waals surface area contributed by atoms with Crippen LogP contribution >= 0.6 is 0 Å². The van der Waals surface area contributed by atoms with Crippen LogP contribution in [0.5, 0.6) is 0 Å². The summed E-state index contributed by atoms with van der Waals surface area (Å²) in [7, 11) is 0. The molecule has 2 aliphatic rings. The number of carbonyl (C=O) groups excluding carboxylic acids is 1. The fraction of sp³-hybridized carbons (Fsp3) is 0.652. The largest absolute Gasteiger partial charge is 0.369 e. The molecule has 0 unspecified atom stereocenters. The number of para-hydroxylation sites is 1. The van der Waals surface area contributed by atoms with E-state index in [-0.39, 0.29) is 5.92 Å². The first-order valence-corrected chi connectivity index (χ1v) is 10.8. The topological polar surface area (TPSA) is 47.3 Å². The van der Waals surface area contributed by atoms with Crippen molar-refractivity contribution in [3.8, 4) is 6.07 Å². The number of hydrogen-bond donors (Lipinski definition) is 0. The van der Waals surface area contributed by atoms with Gasteiger partial charge in [0.1, 0.15) is 6.07 Å². The summed E-state index contributed by atoms with van der Waals surface area (Å²) in [6, 6.07) is 10.1. The van der Waals surface area contributed by atoms with Gasteiger partial charge in [-0.15, -0.1) is 0 Å². The van der Waals surface area contributed by atoms with Crippen LogP contribution in [-0.2, 0) is 4.79 Å². The van der Waals surface area contributed by atoms with Gasteiger partial charge in [-0.25, -0.2) is 0 Å². The van der Waals surface area contributed by atoms with Gasteiger partial charge in [0.2, 0.25) is 5.91 Å². The maximum Gasteiger partial charge on any atom is 0.225 e. The summed E-state index contributed by atoms with van der Waals surface area (Å²) in [4.78, 5) is 17.4. The van der Waals surface area contributed by atoms with Crippen LogP contribution in [0.2, 0.25) is 0 Å². The van der Waals surface area contributed by atoms with Crippen molar-refractivity contribution in [2.24, 2.45) is 11.8 Å². The Morgan fingerprint density at radius 1 is 1.11 bits per heavy atom. The van der Waals surface area contributed by atoms with Gasteiger partial charge < -0.3 is 9.80 Å². The van der Waals surface area contributed by atoms with Gasteiger partial charge in [-0.3, -0.25) is 4.79 Å². The Kier molecular flexibility index (Phi) is 7.15. The molecular formula is C23H33N3O. The highest BCUT2D eigenvalue weighted by Gasteiger charge is 2.30. The Labute approximate surface area is 164 Å². The third-order valence-electron chi connectivity index (χ3n) is 6.33. The molecular weight excluding hydrogens is 334 g/mol. The smallest absolute Gasteiger partial charge is 0.225 e. The Morgan fingerprint density at radius 2 is 1.89 bits per heavy atom. The molecule has 0 spiro atoms. The lowest BCUT2D eigenvalue weighted by Gasteiger charge is -2.32. The second-order valence-corrected chi connectivity index (χ2v) is 8.15. The van der Waals surface area contributed by atoms with Crippen LogP contribution in [0.4, 0.5) is 5.69 Å². The van der Waals surface area contributed by atoms with E-state index in [2.05, 4.69) is 22.8 Å². The van der Waals surface area contributed by atoms with Gasteiger partial charge in [0.15, 0.2) is 0 Å². The quantitative estimate of drug-likeness (QED) is 0.764. The van der Waals surface area contributed by atoms with E-state index < -0.39 is 0 Å². The van der Waals surface area contributed by atoms with Crippen molar-refractivity contribution >= 4 is 11.6 Å². The van der Waals surface area contributed by atoms with E-state index in [4.69, 9.17) is 0 Å². The molecule has 1 saturated heterocycles. The summed E-state index contributed by atoms with van der Waals surface area (Å²) in [5.74, 6) is 1.45. The lowest BCUT2D eigenvalue weighted by Crippen LogP contribution is -2.40. The number of anilines is 1. The Hall–Kier alpha value is -2.02. The molecule has 1 aromatic carbocycles. The fourth-order valence-electron chi connectivity index (χ4n) is 4.67. The molecule has 4 heteroatoms. The molecule has 146 valence electrons. The number of rotatable bonds is 5. The first kappa shape index (κ1) is 19.7. The highest BCUT2D eigenvalue weighted by molar-refractivity contribution is 5.79. The summed E-state index contributed by atoms with van der Waals surface area (Å²) in [5, 5.41) is 9.36. The molecule has 0 aromatic heterocycles. The lowest BCUT2D eigenvalue weighted by atomic mass is 9.79. The normalized spacial score (nSPS) is 23.6. The van der Waals surface area contributed by atoms with Crippen molar-refractivity contribution in [2.75, 3.05) is 31.1 Å². The summed E-state index contributed by atoms with van der Waals surface area (Å²) >= 11 is 0. The molecule has 1 saturated carbocycles. The predicted octanol–water partition coefficient (Wildman–Crippen LogP) is 4.59. The standard InChI is InChI=1S/C23H33N3O/c1-2-3-7-19-10-12-20(13-11-19)23(27)26-15-6-14-25(16-17-26)22-9-5-4-8-21(22)18-24/h4-5,8-9,19-20H,2-3,6-7,10-17H2,1H3. The zero-order valence-electron chi connectivity index (χ0n) is 16.7. The average Bonchev–Trinajstić information content (AvgIpc) is 2.98. The van der Waals surface area contributed by atoms with E-state index in [0.717, 1.165) is 62.6 Å². The predicted molar refractivity (Wildman–Crippen MR) is 110 cm³/mol. The minimum absolute atomic E-state index is 0.237. The molecule has 1 amide bonds. The van der Waals surface area contributed by atoms with Crippen LogP contribution in [0.25, 0.3) is 0 Å². The number of nitriles is 1. The molecule has 1 aliphatic carbocycles. The van der Waals surface area contributed by atoms with E-state index >= 15 is 0 Å². The number of unbranched alkanes of at least 4 members (excludes halogenated alkanes) is 1. The molecule has 1 aliphatic heterocycles. The summed E-state index contributed by atoms with van der Waals surface area (Å²) in [6.45, 7) is 5.60. The van der Waals surface area contributed by atoms with E-state index in [1.54, 1.807) is 0 Å². The molecule has 1 aromatic rings. The van der Waals surface area contributed by atoms with Gasteiger partial charge in [-0.05, 0) is 50.2 Å². The number of hydrogen-bond acceptors (Lipinski definition) is 3. The second-order valence-electron chi connectivity index (χ2n) is 8.15. The molecule has 1 heterocycles. The van der Waals surface area contributed by atoms with Gasteiger partial charge in [0, 0.05) is 32.1 Å². The number of benzene rings is 1. The highest BCUT2D eigenvalue weighted by Crippen LogP contribution is 2.33. The number of carbonyl (C=O) groups is 1. The highest BCUT2D eigenvalue weighted by atomic mass is 16.2. The molecule has 0 atom stereocenters. The second kappa shape index (κ2) is 9.78. The van der Waals surface area contributed by atoms with Crippen LogP contribution in [0.15, 0.2) is 24.3 Å². The van der Waals surface area contributed by atoms with Gasteiger partial charge >= 0.3 is 0 Å². The van der Waals surface area contributed by atoms with Crippen LogP contribution in [0.3, 0.4) is 0 Å². The minimum Gasteiger partial charge on any atom is -0.369 e. The monoisotopic (exact) mass is 367 g/mol. The van der Waals surface area contributed by atoms with Crippen molar-refractivity contribution in [1.82, 2.24) is 4.90 Å². The SMILES string of the molecule is CCCCC1CCC(C(=O)N2CCCN(c3ccccc3C#N)CC2)CC1. The van der Waals surface area contributed by atoms with Crippen molar-refractivity contribution in [1.29, 1.82) is 5.26 Å². The van der Waals surface area contributed by atoms with Gasteiger partial charge in [-0.2, -0.15) is 5.26 Å². The fourth-order valence-corrected chi connectivity index (χ4v) is 4.67. The van der Waals surface area contributed by atoms with Gasteiger partial charge in [0.25, 0.3) is 0 Å². The van der Waals surface area contributed by atoms with Crippen LogP contribution in [-0.4, -0.2) is 37.0 Å². The molecule has 0 bridgehead atoms. The third-order valence-corrected chi connectivity index (χ3v) is 6.33. The first-order valence-electron chi connectivity index (χ1n) is 10.8. The zero-order chi connectivity index (χ0) is 19.1. The van der Waals surface area contributed by atoms with E-state index in [9.17, 15) is 10.1 Å². The van der Waals surface area contributed by atoms with Gasteiger partial charge in [-0.1, -0.05) is 38.3 Å². The minimum atomic E-state index is 0.237. The summed E-state index contributed by atoms with van der Waals surface area (Å²) in [6.07, 6.45) is 9.52. The number of amides is 1. The lowest BCUT2D eigenvalue weighted by molar-refractivity contribution is -0.136. The summed E-state index contributed by atoms with van der Waals surface area (Å²) < 4.78 is 0. The molecule has 3 rings (SSSR count). The average molecular weight is 368 g/mol. The van der Waals surface area contributed by atoms with Crippen molar-refractivity contribution in [2.45, 2.75) is 58.3 Å². The zero-order valence-corrected chi connectivity index (χ0v) is 16.7. The molecule has 4 nitrogen and oxygen atoms in total. The molecule has 2 fully saturated rings. The molecule has 0 radical (unpaired) electrons. The van der Waals surface area contributed by atoms with Crippen molar-refractivity contribution in [3.63, 3.8) is 0 Å². The maximum absolute atomic E-state index is 13.0. The maximum atomic E-state index is 13.0. The van der Waals surface area contributed by atoms with Crippen LogP contribution in [0, 0.1) is 23.2 Å². The Morgan fingerprint density at radius 3 is 2.63 bits per heavy atom. The molecule has 0 N–H and O–H groups in total. The van der Waals surface area contributed by atoms with Gasteiger partial charge in [0.05, 0.1) is 11.3 Å². The number of nitrogens with zero attached hydrogens (tertiary/aromatic N) is 3. The van der Waals surface area contributed by atoms with E-state index in [0.29, 0.717) is 5.91 Å². The van der Waals surface area contributed by atoms with Crippen molar-refractivity contribution < 1.29 is 4.79 Å². The first-order chi connectivity index (χ1) is 13.2. The molecule has 27 heavy (non-hydrogen) atoms. The Balaban J connectivity index is 1.54. The van der Waals surface area contributed by atoms with Crippen LogP contribution in [0.1, 0.15) is 63.9 Å². The summed E-state index contributed by atoms with van der Waals surface area (Å²) in [5.41, 5.74) is 1.73. The van der Waals surface area contributed by atoms with E-state index in [1.807, 2.05) is 24.3 Å². The third kappa shape index (κ3) is 5.03. The van der Waals surface area contributed by atoms with E-state index in [1.165, 1.54) is 32.1 Å². The van der Waals surface area contributed by atoms with Crippen LogP contribution < -0.4 is 4.90 Å². The van der Waals surface area contributed by atoms with Crippen molar-refractivity contribution in [3.05, 3.63) is 29.8 Å².